The van der Waals surface area contributed by atoms with E-state index in [4.69, 9.17) is 4.52 Å². The van der Waals surface area contributed by atoms with Gasteiger partial charge < -0.3 is 9.42 Å². The third kappa shape index (κ3) is 4.92. The monoisotopic (exact) mass is 330 g/mol. The van der Waals surface area contributed by atoms with E-state index in [2.05, 4.69) is 10.5 Å². The van der Waals surface area contributed by atoms with Gasteiger partial charge in [-0.1, -0.05) is 35.0 Å². The van der Waals surface area contributed by atoms with E-state index < -0.39 is 0 Å². The fourth-order valence-electron chi connectivity index (χ4n) is 2.04. The van der Waals surface area contributed by atoms with Crippen LogP contribution in [-0.2, 0) is 9.59 Å². The second-order valence-corrected chi connectivity index (χ2v) is 5.95. The van der Waals surface area contributed by atoms with Crippen molar-refractivity contribution in [1.29, 1.82) is 0 Å². The summed E-state index contributed by atoms with van der Waals surface area (Å²) in [7, 11) is 5.06. The summed E-state index contributed by atoms with van der Waals surface area (Å²) in [5.74, 6) is -0.0507. The number of nitrogens with zero attached hydrogens (tertiary/aromatic N) is 3. The number of nitrogens with one attached hydrogen (secondary N) is 1. The molecule has 1 aromatic carbocycles. The van der Waals surface area contributed by atoms with Crippen molar-refractivity contribution in [3.05, 3.63) is 35.9 Å². The molecule has 0 saturated heterocycles. The minimum Gasteiger partial charge on any atom is -0.348 e. The first-order chi connectivity index (χ1) is 11.3. The Hall–Kier alpha value is -2.67. The number of amides is 2. The smallest absolute Gasteiger partial charge is 0.240 e. The molecular weight excluding hydrogens is 308 g/mol. The number of hydrogen-bond donors (Lipinski definition) is 1. The summed E-state index contributed by atoms with van der Waals surface area (Å²) < 4.78 is 5.15. The zero-order valence-corrected chi connectivity index (χ0v) is 14.4. The minimum atomic E-state index is -0.268. The number of anilines is 1. The third-order valence-corrected chi connectivity index (χ3v) is 3.44. The highest BCUT2D eigenvalue weighted by Gasteiger charge is 2.14. The van der Waals surface area contributed by atoms with E-state index in [1.54, 1.807) is 32.1 Å². The number of aromatic nitrogens is 1. The van der Waals surface area contributed by atoms with Crippen molar-refractivity contribution in [2.45, 2.75) is 6.92 Å². The van der Waals surface area contributed by atoms with Crippen molar-refractivity contribution in [2.24, 2.45) is 0 Å². The van der Waals surface area contributed by atoms with Crippen molar-refractivity contribution in [2.75, 3.05) is 39.5 Å². The van der Waals surface area contributed by atoms with Gasteiger partial charge in [0.25, 0.3) is 0 Å². The Kier molecular flexibility index (Phi) is 5.70. The molecule has 0 saturated carbocycles. The summed E-state index contributed by atoms with van der Waals surface area (Å²) in [5.41, 5.74) is 2.73. The van der Waals surface area contributed by atoms with Gasteiger partial charge >= 0.3 is 0 Å². The molecule has 1 aromatic heterocycles. The standard InChI is InChI=1S/C17H22N4O3/c1-12-5-7-13(8-6-12)14-9-16(24-19-14)18-15(22)10-21(4)11-17(23)20(2)3/h5-9H,10-11H2,1-4H3,(H,18,22). The molecule has 0 aliphatic heterocycles. The van der Waals surface area contributed by atoms with Crippen LogP contribution in [0.4, 0.5) is 5.88 Å². The van der Waals surface area contributed by atoms with Crippen LogP contribution in [0.2, 0.25) is 0 Å². The highest BCUT2D eigenvalue weighted by molar-refractivity contribution is 5.91. The molecule has 24 heavy (non-hydrogen) atoms. The fraction of sp³-hybridized carbons (Fsp3) is 0.353. The Balaban J connectivity index is 1.91. The average Bonchev–Trinajstić information content (AvgIpc) is 2.95. The van der Waals surface area contributed by atoms with Gasteiger partial charge in [-0.3, -0.25) is 19.8 Å². The van der Waals surface area contributed by atoms with Crippen molar-refractivity contribution >= 4 is 17.7 Å². The van der Waals surface area contributed by atoms with Crippen LogP contribution in [0.15, 0.2) is 34.9 Å². The molecule has 7 heteroatoms. The predicted molar refractivity (Wildman–Crippen MR) is 91.5 cm³/mol. The zero-order valence-electron chi connectivity index (χ0n) is 14.4. The molecule has 0 bridgehead atoms. The molecule has 7 nitrogen and oxygen atoms in total. The van der Waals surface area contributed by atoms with E-state index in [-0.39, 0.29) is 30.8 Å². The third-order valence-electron chi connectivity index (χ3n) is 3.44. The van der Waals surface area contributed by atoms with Crippen LogP contribution < -0.4 is 5.32 Å². The Labute approximate surface area is 141 Å². The average molecular weight is 330 g/mol. The molecule has 1 heterocycles. The molecular formula is C17H22N4O3. The maximum atomic E-state index is 12.0. The van der Waals surface area contributed by atoms with Gasteiger partial charge in [0.05, 0.1) is 13.1 Å². The van der Waals surface area contributed by atoms with Crippen LogP contribution in [0.1, 0.15) is 5.56 Å². The van der Waals surface area contributed by atoms with Crippen molar-refractivity contribution in [1.82, 2.24) is 15.0 Å². The zero-order chi connectivity index (χ0) is 17.7. The van der Waals surface area contributed by atoms with Crippen LogP contribution in [0.5, 0.6) is 0 Å². The van der Waals surface area contributed by atoms with E-state index in [1.165, 1.54) is 4.90 Å². The Morgan fingerprint density at radius 1 is 1.12 bits per heavy atom. The van der Waals surface area contributed by atoms with Gasteiger partial charge in [0.2, 0.25) is 17.7 Å². The van der Waals surface area contributed by atoms with Crippen LogP contribution in [-0.4, -0.2) is 61.0 Å². The van der Waals surface area contributed by atoms with Gasteiger partial charge in [-0.15, -0.1) is 0 Å². The van der Waals surface area contributed by atoms with E-state index in [0.29, 0.717) is 5.69 Å². The molecule has 0 atom stereocenters. The van der Waals surface area contributed by atoms with E-state index in [0.717, 1.165) is 11.1 Å². The van der Waals surface area contributed by atoms with Crippen molar-refractivity contribution < 1.29 is 14.1 Å². The van der Waals surface area contributed by atoms with Crippen LogP contribution in [0, 0.1) is 6.92 Å². The molecule has 0 fully saturated rings. The lowest BCUT2D eigenvalue weighted by Gasteiger charge is -2.17. The molecule has 2 aromatic rings. The quantitative estimate of drug-likeness (QED) is 0.870. The van der Waals surface area contributed by atoms with Crippen LogP contribution in [0.3, 0.4) is 0 Å². The topological polar surface area (TPSA) is 78.7 Å². The predicted octanol–water partition coefficient (Wildman–Crippen LogP) is 1.61. The molecule has 2 rings (SSSR count). The van der Waals surface area contributed by atoms with Gasteiger partial charge in [-0.05, 0) is 14.0 Å². The van der Waals surface area contributed by atoms with Crippen LogP contribution >= 0.6 is 0 Å². The molecule has 0 unspecified atom stereocenters. The van der Waals surface area contributed by atoms with Gasteiger partial charge in [0, 0.05) is 25.7 Å². The molecule has 0 radical (unpaired) electrons. The SMILES string of the molecule is Cc1ccc(-c2cc(NC(=O)CN(C)CC(=O)N(C)C)on2)cc1. The van der Waals surface area contributed by atoms with Crippen LogP contribution in [0.25, 0.3) is 11.3 Å². The molecule has 0 spiro atoms. The Bertz CT molecular complexity index is 707. The lowest BCUT2D eigenvalue weighted by atomic mass is 10.1. The van der Waals surface area contributed by atoms with E-state index >= 15 is 0 Å². The maximum absolute atomic E-state index is 12.0. The lowest BCUT2D eigenvalue weighted by molar-refractivity contribution is -0.130. The number of carbonyl (C=O) groups is 2. The summed E-state index contributed by atoms with van der Waals surface area (Å²) in [4.78, 5) is 26.7. The number of rotatable bonds is 6. The second-order valence-electron chi connectivity index (χ2n) is 5.95. The largest absolute Gasteiger partial charge is 0.348 e. The van der Waals surface area contributed by atoms with Crippen molar-refractivity contribution in [3.63, 3.8) is 0 Å². The minimum absolute atomic E-state index is 0.0633. The van der Waals surface area contributed by atoms with Gasteiger partial charge in [0.1, 0.15) is 5.69 Å². The van der Waals surface area contributed by atoms with E-state index in [1.807, 2.05) is 31.2 Å². The second kappa shape index (κ2) is 7.74. The van der Waals surface area contributed by atoms with Gasteiger partial charge in [0.15, 0.2) is 0 Å². The molecule has 0 aliphatic carbocycles. The molecule has 1 N–H and O–H groups in total. The van der Waals surface area contributed by atoms with Crippen molar-refractivity contribution in [3.8, 4) is 11.3 Å². The lowest BCUT2D eigenvalue weighted by Crippen LogP contribution is -2.38. The Morgan fingerprint density at radius 2 is 1.79 bits per heavy atom. The number of benzene rings is 1. The molecule has 2 amide bonds. The number of aryl methyl sites for hydroxylation is 1. The maximum Gasteiger partial charge on any atom is 0.240 e. The first-order valence-electron chi connectivity index (χ1n) is 7.57. The number of carbonyl (C=O) groups excluding carboxylic acids is 2. The normalized spacial score (nSPS) is 10.7. The first-order valence-corrected chi connectivity index (χ1v) is 7.57. The summed E-state index contributed by atoms with van der Waals surface area (Å²) in [6.07, 6.45) is 0. The fourth-order valence-corrected chi connectivity index (χ4v) is 2.04. The molecule has 128 valence electrons. The highest BCUT2D eigenvalue weighted by atomic mass is 16.5. The first kappa shape index (κ1) is 17.7. The highest BCUT2D eigenvalue weighted by Crippen LogP contribution is 2.21. The number of likely N-dealkylation sites (N-methyl/N-ethyl adjacent to an activating group) is 2. The Morgan fingerprint density at radius 3 is 2.42 bits per heavy atom. The van der Waals surface area contributed by atoms with Gasteiger partial charge in [-0.2, -0.15) is 0 Å². The van der Waals surface area contributed by atoms with E-state index in [9.17, 15) is 9.59 Å². The van der Waals surface area contributed by atoms with Gasteiger partial charge in [-0.25, -0.2) is 0 Å². The summed E-state index contributed by atoms with van der Waals surface area (Å²) in [6.45, 7) is 2.27. The summed E-state index contributed by atoms with van der Waals surface area (Å²) in [6, 6.07) is 9.53. The molecule has 0 aliphatic rings. The summed E-state index contributed by atoms with van der Waals surface area (Å²) in [5, 5.41) is 6.60. The summed E-state index contributed by atoms with van der Waals surface area (Å²) >= 11 is 0. The number of hydrogen-bond acceptors (Lipinski definition) is 5.